The van der Waals surface area contributed by atoms with E-state index in [2.05, 4.69) is 11.2 Å². The Morgan fingerprint density at radius 3 is 2.83 bits per heavy atom. The number of carbonyl (C=O) groups excluding carboxylic acids is 1. The van der Waals surface area contributed by atoms with Crippen molar-refractivity contribution < 1.29 is 14.7 Å². The molecule has 0 aliphatic heterocycles. The van der Waals surface area contributed by atoms with Gasteiger partial charge in [0.1, 0.15) is 6.54 Å². The highest BCUT2D eigenvalue weighted by molar-refractivity contribution is 7.10. The molecule has 0 fully saturated rings. The number of carbonyl (C=O) groups is 2. The van der Waals surface area contributed by atoms with Gasteiger partial charge in [0.2, 0.25) is 0 Å². The van der Waals surface area contributed by atoms with E-state index in [0.717, 1.165) is 15.3 Å². The highest BCUT2D eigenvalue weighted by Crippen LogP contribution is 2.14. The van der Waals surface area contributed by atoms with Gasteiger partial charge in [-0.25, -0.2) is 4.79 Å². The van der Waals surface area contributed by atoms with Crippen molar-refractivity contribution in [2.75, 3.05) is 13.1 Å². The average molecular weight is 266 g/mol. The third kappa shape index (κ3) is 4.11. The van der Waals surface area contributed by atoms with Crippen molar-refractivity contribution in [1.29, 1.82) is 0 Å². The molecule has 0 bridgehead atoms. The molecule has 0 aliphatic rings. The number of hydrogen-bond acceptors (Lipinski definition) is 3. The molecule has 2 N–H and O–H groups in total. The number of aliphatic carboxylic acids is 1. The summed E-state index contributed by atoms with van der Waals surface area (Å²) in [6, 6.07) is 1.49. The summed E-state index contributed by atoms with van der Waals surface area (Å²) in [7, 11) is 0. The number of terminal acetylenes is 1. The van der Waals surface area contributed by atoms with Crippen LogP contribution in [0.5, 0.6) is 0 Å². The number of nitrogens with one attached hydrogen (secondary N) is 1. The maximum absolute atomic E-state index is 11.7. The molecule has 6 heteroatoms. The maximum Gasteiger partial charge on any atom is 0.323 e. The highest BCUT2D eigenvalue weighted by Gasteiger charge is 2.15. The summed E-state index contributed by atoms with van der Waals surface area (Å²) in [5, 5.41) is 13.3. The van der Waals surface area contributed by atoms with Crippen LogP contribution in [0.3, 0.4) is 0 Å². The lowest BCUT2D eigenvalue weighted by Crippen LogP contribution is -2.42. The highest BCUT2D eigenvalue weighted by atomic mass is 32.1. The van der Waals surface area contributed by atoms with Crippen LogP contribution in [0.1, 0.15) is 10.4 Å². The molecular weight excluding hydrogens is 252 g/mol. The fourth-order valence-corrected chi connectivity index (χ4v) is 2.17. The minimum Gasteiger partial charge on any atom is -0.480 e. The van der Waals surface area contributed by atoms with Crippen LogP contribution < -0.4 is 5.32 Å². The van der Waals surface area contributed by atoms with Gasteiger partial charge in [0.25, 0.3) is 0 Å². The fourth-order valence-electron chi connectivity index (χ4n) is 1.33. The van der Waals surface area contributed by atoms with E-state index in [4.69, 9.17) is 11.5 Å². The third-order valence-corrected chi connectivity index (χ3v) is 3.29. The topological polar surface area (TPSA) is 69.6 Å². The molecule has 96 valence electrons. The summed E-state index contributed by atoms with van der Waals surface area (Å²) in [5.74, 6) is 1.17. The number of carboxylic acid groups (broad SMARTS) is 1. The minimum atomic E-state index is -1.09. The molecule has 18 heavy (non-hydrogen) atoms. The first-order chi connectivity index (χ1) is 8.54. The molecule has 0 unspecified atom stereocenters. The van der Waals surface area contributed by atoms with Crippen LogP contribution in [-0.2, 0) is 11.3 Å². The van der Waals surface area contributed by atoms with Crippen molar-refractivity contribution in [3.05, 3.63) is 21.9 Å². The Morgan fingerprint density at radius 1 is 1.61 bits per heavy atom. The maximum atomic E-state index is 11.7. The van der Waals surface area contributed by atoms with Gasteiger partial charge < -0.3 is 15.3 Å². The first-order valence-electron chi connectivity index (χ1n) is 5.25. The van der Waals surface area contributed by atoms with Gasteiger partial charge in [0.15, 0.2) is 0 Å². The smallest absolute Gasteiger partial charge is 0.323 e. The molecule has 1 rings (SSSR count). The second-order valence-electron chi connectivity index (χ2n) is 3.64. The first kappa shape index (κ1) is 14.1. The Bertz CT molecular complexity index is 476. The van der Waals surface area contributed by atoms with E-state index in [0.29, 0.717) is 6.54 Å². The van der Waals surface area contributed by atoms with Gasteiger partial charge >= 0.3 is 12.0 Å². The minimum absolute atomic E-state index is 0.0262. The normalized spacial score (nSPS) is 9.56. The fraction of sp³-hybridized carbons (Fsp3) is 0.333. The molecule has 5 nitrogen and oxygen atoms in total. The van der Waals surface area contributed by atoms with Crippen LogP contribution in [0.4, 0.5) is 4.79 Å². The van der Waals surface area contributed by atoms with E-state index in [1.807, 2.05) is 18.4 Å². The van der Waals surface area contributed by atoms with Gasteiger partial charge in [-0.3, -0.25) is 4.79 Å². The van der Waals surface area contributed by atoms with Crippen molar-refractivity contribution >= 4 is 23.3 Å². The summed E-state index contributed by atoms with van der Waals surface area (Å²) in [6.07, 6.45) is 5.10. The van der Waals surface area contributed by atoms with E-state index in [1.165, 1.54) is 0 Å². The van der Waals surface area contributed by atoms with Crippen molar-refractivity contribution in [2.45, 2.75) is 13.5 Å². The number of amides is 2. The number of nitrogens with zero attached hydrogens (tertiary/aromatic N) is 1. The Kier molecular flexibility index (Phi) is 5.21. The summed E-state index contributed by atoms with van der Waals surface area (Å²) in [6.45, 7) is 1.90. The molecule has 0 saturated heterocycles. The van der Waals surface area contributed by atoms with Crippen molar-refractivity contribution in [1.82, 2.24) is 10.2 Å². The lowest BCUT2D eigenvalue weighted by atomic mass is 10.3. The molecule has 0 aliphatic carbocycles. The number of carboxylic acids is 1. The molecule has 0 spiro atoms. The van der Waals surface area contributed by atoms with Crippen LogP contribution >= 0.6 is 11.3 Å². The zero-order valence-electron chi connectivity index (χ0n) is 9.97. The largest absolute Gasteiger partial charge is 0.480 e. The molecule has 0 aromatic carbocycles. The number of aryl methyl sites for hydroxylation is 1. The van der Waals surface area contributed by atoms with E-state index in [1.54, 1.807) is 11.3 Å². The Hall–Kier alpha value is -2.00. The SMILES string of the molecule is C#CCN(CC(=O)O)C(=O)NCc1sccc1C. The zero-order valence-corrected chi connectivity index (χ0v) is 10.8. The molecule has 0 atom stereocenters. The van der Waals surface area contributed by atoms with Gasteiger partial charge in [-0.15, -0.1) is 17.8 Å². The van der Waals surface area contributed by atoms with Crippen LogP contribution in [-0.4, -0.2) is 35.1 Å². The van der Waals surface area contributed by atoms with Crippen LogP contribution in [0.25, 0.3) is 0 Å². The summed E-state index contributed by atoms with van der Waals surface area (Å²) in [4.78, 5) is 24.4. The number of rotatable bonds is 5. The van der Waals surface area contributed by atoms with E-state index >= 15 is 0 Å². The monoisotopic (exact) mass is 266 g/mol. The Labute approximate surface area is 109 Å². The Morgan fingerprint density at radius 2 is 2.33 bits per heavy atom. The van der Waals surface area contributed by atoms with Crippen molar-refractivity contribution in [3.63, 3.8) is 0 Å². The molecule has 0 radical (unpaired) electrons. The van der Waals surface area contributed by atoms with E-state index in [9.17, 15) is 9.59 Å². The molecule has 0 saturated carbocycles. The average Bonchev–Trinajstić information content (AvgIpc) is 2.70. The third-order valence-electron chi connectivity index (χ3n) is 2.26. The molecule has 2 amide bonds. The molecule has 1 heterocycles. The second-order valence-corrected chi connectivity index (χ2v) is 4.64. The standard InChI is InChI=1S/C12H14N2O3S/c1-3-5-14(8-11(15)16)12(17)13-7-10-9(2)4-6-18-10/h1,4,6H,5,7-8H2,2H3,(H,13,17)(H,15,16). The molecular formula is C12H14N2O3S. The van der Waals surface area contributed by atoms with Crippen LogP contribution in [0.15, 0.2) is 11.4 Å². The van der Waals surface area contributed by atoms with Crippen molar-refractivity contribution in [2.24, 2.45) is 0 Å². The van der Waals surface area contributed by atoms with Gasteiger partial charge in [0, 0.05) is 4.88 Å². The van der Waals surface area contributed by atoms with Gasteiger partial charge in [-0.05, 0) is 23.9 Å². The second kappa shape index (κ2) is 6.67. The predicted molar refractivity (Wildman–Crippen MR) is 69.3 cm³/mol. The molecule has 1 aromatic heterocycles. The van der Waals surface area contributed by atoms with Crippen LogP contribution in [0, 0.1) is 19.3 Å². The number of thiophene rings is 1. The van der Waals surface area contributed by atoms with Crippen LogP contribution in [0.2, 0.25) is 0 Å². The van der Waals surface area contributed by atoms with Gasteiger partial charge in [-0.2, -0.15) is 0 Å². The van der Waals surface area contributed by atoms with E-state index < -0.39 is 18.5 Å². The summed E-state index contributed by atoms with van der Waals surface area (Å²) >= 11 is 1.54. The van der Waals surface area contributed by atoms with Gasteiger partial charge in [-0.1, -0.05) is 5.92 Å². The lowest BCUT2D eigenvalue weighted by molar-refractivity contribution is -0.137. The summed E-state index contributed by atoms with van der Waals surface area (Å²) in [5.41, 5.74) is 1.10. The van der Waals surface area contributed by atoms with Crippen molar-refractivity contribution in [3.8, 4) is 12.3 Å². The summed E-state index contributed by atoms with van der Waals surface area (Å²) < 4.78 is 0. The Balaban J connectivity index is 2.54. The zero-order chi connectivity index (χ0) is 13.5. The number of hydrogen-bond donors (Lipinski definition) is 2. The molecule has 1 aromatic rings. The van der Waals surface area contributed by atoms with E-state index in [-0.39, 0.29) is 6.54 Å². The first-order valence-corrected chi connectivity index (χ1v) is 6.13. The van der Waals surface area contributed by atoms with Gasteiger partial charge in [0.05, 0.1) is 13.1 Å². The lowest BCUT2D eigenvalue weighted by Gasteiger charge is -2.18. The number of urea groups is 1. The predicted octanol–water partition coefficient (Wildman–Crippen LogP) is 1.29. The quantitative estimate of drug-likeness (QED) is 0.789.